The Labute approximate surface area is 139 Å². The molecule has 6 nitrogen and oxygen atoms in total. The first-order valence-electron chi connectivity index (χ1n) is 8.10. The molecule has 122 valence electrons. The topological polar surface area (TPSA) is 78.3 Å². The van der Waals surface area contributed by atoms with Crippen molar-refractivity contribution in [2.45, 2.75) is 13.5 Å². The molecule has 0 saturated heterocycles. The summed E-state index contributed by atoms with van der Waals surface area (Å²) >= 11 is 0. The maximum absolute atomic E-state index is 6.14. The average Bonchev–Trinajstić information content (AvgIpc) is 3.25. The molecule has 0 aliphatic carbocycles. The molecule has 0 unspecified atom stereocenters. The maximum Gasteiger partial charge on any atom is 0.152 e. The third-order valence-corrected chi connectivity index (χ3v) is 4.22. The van der Waals surface area contributed by atoms with Gasteiger partial charge in [0.2, 0.25) is 0 Å². The third kappa shape index (κ3) is 2.55. The number of aliphatic imine (C=N–C) groups is 1. The van der Waals surface area contributed by atoms with Crippen molar-refractivity contribution in [3.05, 3.63) is 36.0 Å². The molecule has 0 bridgehead atoms. The van der Waals surface area contributed by atoms with Crippen LogP contribution in [0.15, 0.2) is 35.5 Å². The quantitative estimate of drug-likeness (QED) is 0.733. The molecule has 3 heterocycles. The molecule has 2 N–H and O–H groups in total. The van der Waals surface area contributed by atoms with E-state index in [1.165, 1.54) is 5.57 Å². The summed E-state index contributed by atoms with van der Waals surface area (Å²) in [6, 6.07) is 6.27. The molecule has 3 aromatic rings. The van der Waals surface area contributed by atoms with Crippen LogP contribution in [0.4, 0.5) is 5.82 Å². The van der Waals surface area contributed by atoms with E-state index >= 15 is 0 Å². The lowest BCUT2D eigenvalue weighted by molar-refractivity contribution is 0.136. The van der Waals surface area contributed by atoms with Gasteiger partial charge in [-0.15, -0.1) is 0 Å². The molecule has 0 saturated carbocycles. The average molecular weight is 321 g/mol. The molecule has 0 spiro atoms. The Hall–Kier alpha value is -2.73. The summed E-state index contributed by atoms with van der Waals surface area (Å²) < 4.78 is 7.27. The van der Waals surface area contributed by atoms with Crippen molar-refractivity contribution in [2.24, 2.45) is 4.99 Å². The minimum absolute atomic E-state index is 0.460. The highest BCUT2D eigenvalue weighted by Crippen LogP contribution is 2.29. The molecular formula is C18H19N5O. The fourth-order valence-electron chi connectivity index (χ4n) is 2.99. The van der Waals surface area contributed by atoms with Crippen LogP contribution in [0.3, 0.4) is 0 Å². The van der Waals surface area contributed by atoms with Crippen LogP contribution in [-0.2, 0) is 11.3 Å². The van der Waals surface area contributed by atoms with Crippen LogP contribution in [-0.4, -0.2) is 40.7 Å². The monoisotopic (exact) mass is 321 g/mol. The first-order chi connectivity index (χ1) is 11.8. The van der Waals surface area contributed by atoms with E-state index in [4.69, 9.17) is 10.5 Å². The number of benzene rings is 1. The lowest BCUT2D eigenvalue weighted by Gasteiger charge is -2.05. The number of fused-ring (bicyclic) bond motifs is 3. The second-order valence-electron chi connectivity index (χ2n) is 5.76. The largest absolute Gasteiger partial charge is 0.382 e. The SMILES string of the molecule is CCOCCn1cc2c(n1)c(N)nc1cc(C3=CC=NC3)ccc12. The zero-order valence-corrected chi connectivity index (χ0v) is 13.6. The van der Waals surface area contributed by atoms with Crippen LogP contribution in [0.25, 0.3) is 27.4 Å². The zero-order valence-electron chi connectivity index (χ0n) is 13.6. The Bertz CT molecular complexity index is 970. The number of nitrogens with zero attached hydrogens (tertiary/aromatic N) is 4. The van der Waals surface area contributed by atoms with Crippen molar-refractivity contribution >= 4 is 39.4 Å². The number of hydrogen-bond acceptors (Lipinski definition) is 5. The molecule has 0 amide bonds. The van der Waals surface area contributed by atoms with E-state index in [1.807, 2.05) is 30.1 Å². The highest BCUT2D eigenvalue weighted by molar-refractivity contribution is 6.08. The maximum atomic E-state index is 6.14. The van der Waals surface area contributed by atoms with E-state index in [2.05, 4.69) is 33.3 Å². The van der Waals surface area contributed by atoms with Gasteiger partial charge in [-0.1, -0.05) is 12.1 Å². The van der Waals surface area contributed by atoms with Gasteiger partial charge in [0.1, 0.15) is 5.52 Å². The second-order valence-corrected chi connectivity index (χ2v) is 5.76. The molecule has 4 rings (SSSR count). The summed E-state index contributed by atoms with van der Waals surface area (Å²) in [5.41, 5.74) is 10.1. The second kappa shape index (κ2) is 6.05. The Morgan fingerprint density at radius 2 is 2.21 bits per heavy atom. The zero-order chi connectivity index (χ0) is 16.5. The van der Waals surface area contributed by atoms with Crippen LogP contribution in [0.5, 0.6) is 0 Å². The van der Waals surface area contributed by atoms with Crippen molar-refractivity contribution in [2.75, 3.05) is 25.5 Å². The molecule has 0 atom stereocenters. The Balaban J connectivity index is 1.78. The van der Waals surface area contributed by atoms with E-state index in [1.54, 1.807) is 0 Å². The van der Waals surface area contributed by atoms with E-state index in [9.17, 15) is 0 Å². The van der Waals surface area contributed by atoms with Crippen molar-refractivity contribution in [1.82, 2.24) is 14.8 Å². The minimum Gasteiger partial charge on any atom is -0.382 e. The van der Waals surface area contributed by atoms with Gasteiger partial charge in [-0.25, -0.2) is 4.98 Å². The van der Waals surface area contributed by atoms with Gasteiger partial charge >= 0.3 is 0 Å². The summed E-state index contributed by atoms with van der Waals surface area (Å²) in [7, 11) is 0. The fourth-order valence-corrected chi connectivity index (χ4v) is 2.99. The number of hydrogen-bond donors (Lipinski definition) is 1. The van der Waals surface area contributed by atoms with Crippen molar-refractivity contribution < 1.29 is 4.74 Å². The lowest BCUT2D eigenvalue weighted by Crippen LogP contribution is -2.06. The molecule has 1 aliphatic heterocycles. The van der Waals surface area contributed by atoms with Gasteiger partial charge in [-0.05, 0) is 30.2 Å². The first-order valence-corrected chi connectivity index (χ1v) is 8.10. The van der Waals surface area contributed by atoms with Gasteiger partial charge in [0.15, 0.2) is 5.82 Å². The summed E-state index contributed by atoms with van der Waals surface area (Å²) in [6.07, 6.45) is 5.90. The van der Waals surface area contributed by atoms with Crippen LogP contribution in [0.2, 0.25) is 0 Å². The Kier molecular flexibility index (Phi) is 3.74. The van der Waals surface area contributed by atoms with Crippen LogP contribution < -0.4 is 5.73 Å². The van der Waals surface area contributed by atoms with Gasteiger partial charge in [0.25, 0.3) is 0 Å². The van der Waals surface area contributed by atoms with Crippen molar-refractivity contribution in [3.8, 4) is 0 Å². The highest BCUT2D eigenvalue weighted by atomic mass is 16.5. The molecule has 6 heteroatoms. The van der Waals surface area contributed by atoms with E-state index in [0.29, 0.717) is 25.6 Å². The number of pyridine rings is 1. The number of nitrogen functional groups attached to an aromatic ring is 1. The Morgan fingerprint density at radius 1 is 1.29 bits per heavy atom. The molecule has 0 fully saturated rings. The minimum atomic E-state index is 0.460. The molecular weight excluding hydrogens is 302 g/mol. The summed E-state index contributed by atoms with van der Waals surface area (Å²) in [5.74, 6) is 0.460. The standard InChI is InChI=1S/C18H19N5O/c1-2-24-8-7-23-11-15-14-4-3-12(13-5-6-20-10-13)9-16(14)21-18(19)17(15)22-23/h3-6,9,11H,2,7-8,10H2,1H3,(H2,19,21). The summed E-state index contributed by atoms with van der Waals surface area (Å²) in [4.78, 5) is 8.79. The number of nitrogens with two attached hydrogens (primary N) is 1. The van der Waals surface area contributed by atoms with Gasteiger partial charge in [0, 0.05) is 29.8 Å². The van der Waals surface area contributed by atoms with Crippen LogP contribution >= 0.6 is 0 Å². The van der Waals surface area contributed by atoms with Crippen molar-refractivity contribution in [3.63, 3.8) is 0 Å². The molecule has 0 radical (unpaired) electrons. The number of anilines is 1. The molecule has 24 heavy (non-hydrogen) atoms. The van der Waals surface area contributed by atoms with Gasteiger partial charge < -0.3 is 10.5 Å². The predicted molar refractivity (Wildman–Crippen MR) is 97.3 cm³/mol. The van der Waals surface area contributed by atoms with Gasteiger partial charge in [0.05, 0.1) is 25.2 Å². The lowest BCUT2D eigenvalue weighted by atomic mass is 10.0. The summed E-state index contributed by atoms with van der Waals surface area (Å²) in [5, 5.41) is 6.64. The number of rotatable bonds is 5. The van der Waals surface area contributed by atoms with E-state index in [-0.39, 0.29) is 0 Å². The highest BCUT2D eigenvalue weighted by Gasteiger charge is 2.12. The van der Waals surface area contributed by atoms with Crippen LogP contribution in [0.1, 0.15) is 12.5 Å². The molecule has 1 aromatic carbocycles. The third-order valence-electron chi connectivity index (χ3n) is 4.22. The smallest absolute Gasteiger partial charge is 0.152 e. The number of ether oxygens (including phenoxy) is 1. The summed E-state index contributed by atoms with van der Waals surface area (Å²) in [6.45, 7) is 4.74. The predicted octanol–water partition coefficient (Wildman–Crippen LogP) is 2.67. The van der Waals surface area contributed by atoms with Crippen LogP contribution in [0, 0.1) is 0 Å². The van der Waals surface area contributed by atoms with Gasteiger partial charge in [-0.2, -0.15) is 5.10 Å². The molecule has 2 aromatic heterocycles. The van der Waals surface area contributed by atoms with Gasteiger partial charge in [-0.3, -0.25) is 9.67 Å². The normalized spacial score (nSPS) is 14.0. The van der Waals surface area contributed by atoms with Crippen molar-refractivity contribution in [1.29, 1.82) is 0 Å². The van der Waals surface area contributed by atoms with E-state index < -0.39 is 0 Å². The first kappa shape index (κ1) is 14.8. The molecule has 1 aliphatic rings. The van der Waals surface area contributed by atoms with E-state index in [0.717, 1.165) is 33.9 Å². The number of aromatic nitrogens is 3. The Morgan fingerprint density at radius 3 is 3.00 bits per heavy atom. The fraction of sp³-hybridized carbons (Fsp3) is 0.278. The number of allylic oxidation sites excluding steroid dienone is 1.